The molecule has 6 heteroatoms. The summed E-state index contributed by atoms with van der Waals surface area (Å²) in [6.45, 7) is 0.111. The molecular weight excluding hydrogens is 198 g/mol. The summed E-state index contributed by atoms with van der Waals surface area (Å²) in [7, 11) is 0. The van der Waals surface area contributed by atoms with Gasteiger partial charge in [-0.25, -0.2) is 4.79 Å². The van der Waals surface area contributed by atoms with Crippen molar-refractivity contribution in [3.05, 3.63) is 0 Å². The van der Waals surface area contributed by atoms with Gasteiger partial charge in [-0.1, -0.05) is 0 Å². The normalized spacial score (nSPS) is 32.9. The lowest BCUT2D eigenvalue weighted by Gasteiger charge is -2.19. The van der Waals surface area contributed by atoms with Crippen LogP contribution in [0.3, 0.4) is 0 Å². The molecule has 0 aliphatic carbocycles. The van der Waals surface area contributed by atoms with Crippen LogP contribution in [0.5, 0.6) is 0 Å². The van der Waals surface area contributed by atoms with E-state index in [0.29, 0.717) is 6.10 Å². The minimum absolute atomic E-state index is 0.111. The lowest BCUT2D eigenvalue weighted by atomic mass is 9.95. The Hall–Kier alpha value is -1.14. The van der Waals surface area contributed by atoms with Crippen molar-refractivity contribution in [2.45, 2.75) is 37.5 Å². The van der Waals surface area contributed by atoms with Crippen LogP contribution in [0.25, 0.3) is 0 Å². The molecule has 0 aromatic heterocycles. The molecule has 84 valence electrons. The lowest BCUT2D eigenvalue weighted by Crippen LogP contribution is -2.46. The Balaban J connectivity index is 1.70. The van der Waals surface area contributed by atoms with Gasteiger partial charge < -0.3 is 15.8 Å². The van der Waals surface area contributed by atoms with Crippen LogP contribution in [0.1, 0.15) is 19.3 Å². The smallest absolute Gasteiger partial charge is 0.318 e. The number of ether oxygens (including phenoxy) is 1. The number of nitrogens with one attached hydrogen (secondary N) is 2. The van der Waals surface area contributed by atoms with Crippen molar-refractivity contribution in [2.75, 3.05) is 6.54 Å². The van der Waals surface area contributed by atoms with Crippen molar-refractivity contribution in [2.24, 2.45) is 5.73 Å². The summed E-state index contributed by atoms with van der Waals surface area (Å²) in [5, 5.41) is 5.08. The molecule has 2 saturated heterocycles. The molecule has 2 heterocycles. The number of primary amides is 1. The number of hydrogen-bond donors (Lipinski definition) is 3. The van der Waals surface area contributed by atoms with Gasteiger partial charge in [-0.15, -0.1) is 0 Å². The van der Waals surface area contributed by atoms with Crippen LogP contribution in [-0.4, -0.2) is 36.7 Å². The van der Waals surface area contributed by atoms with E-state index in [-0.39, 0.29) is 18.7 Å². The van der Waals surface area contributed by atoms with Gasteiger partial charge in [0.25, 0.3) is 0 Å². The summed E-state index contributed by atoms with van der Waals surface area (Å²) in [5.41, 5.74) is 4.81. The van der Waals surface area contributed by atoms with Gasteiger partial charge in [-0.05, 0) is 19.3 Å². The quantitative estimate of drug-likeness (QED) is 0.566. The first-order chi connectivity index (χ1) is 7.15. The van der Waals surface area contributed by atoms with E-state index >= 15 is 0 Å². The van der Waals surface area contributed by atoms with Crippen LogP contribution in [-0.2, 0) is 9.53 Å². The summed E-state index contributed by atoms with van der Waals surface area (Å²) < 4.78 is 5.61. The third kappa shape index (κ3) is 2.45. The number of urea groups is 1. The van der Waals surface area contributed by atoms with E-state index in [9.17, 15) is 9.59 Å². The second-order valence-corrected chi connectivity index (χ2v) is 4.01. The fraction of sp³-hybridized carbons (Fsp3) is 0.778. The average Bonchev–Trinajstić information content (AvgIpc) is 2.74. The molecule has 0 radical (unpaired) electrons. The number of carbonyl (C=O) groups is 2. The van der Waals surface area contributed by atoms with Gasteiger partial charge in [0.15, 0.2) is 0 Å². The molecule has 4 N–H and O–H groups in total. The van der Waals surface area contributed by atoms with Gasteiger partial charge in [-0.3, -0.25) is 10.1 Å². The molecule has 0 saturated carbocycles. The summed E-state index contributed by atoms with van der Waals surface area (Å²) in [4.78, 5) is 21.5. The van der Waals surface area contributed by atoms with Gasteiger partial charge in [0.1, 0.15) is 0 Å². The lowest BCUT2D eigenvalue weighted by molar-refractivity contribution is -0.119. The topological polar surface area (TPSA) is 93.5 Å². The Bertz CT molecular complexity index is 282. The minimum atomic E-state index is -0.814. The highest BCUT2D eigenvalue weighted by Crippen LogP contribution is 2.34. The second-order valence-electron chi connectivity index (χ2n) is 4.01. The van der Waals surface area contributed by atoms with Crippen LogP contribution in [0, 0.1) is 0 Å². The summed E-state index contributed by atoms with van der Waals surface area (Å²) in [6, 6.07) is -0.576. The van der Waals surface area contributed by atoms with Crippen molar-refractivity contribution in [3.63, 3.8) is 0 Å². The zero-order valence-electron chi connectivity index (χ0n) is 8.36. The minimum Gasteiger partial charge on any atom is -0.373 e. The number of carbonyl (C=O) groups excluding carboxylic acids is 2. The summed E-state index contributed by atoms with van der Waals surface area (Å²) in [5.74, 6) is -0.398. The van der Waals surface area contributed by atoms with Crippen LogP contribution >= 0.6 is 0 Å². The SMILES string of the molecule is NC(=O)NC(=O)CNC1CC2CCC1O2. The van der Waals surface area contributed by atoms with Crippen molar-refractivity contribution in [1.82, 2.24) is 10.6 Å². The monoisotopic (exact) mass is 213 g/mol. The number of hydrogen-bond acceptors (Lipinski definition) is 4. The summed E-state index contributed by atoms with van der Waals surface area (Å²) in [6.07, 6.45) is 3.72. The third-order valence-corrected chi connectivity index (χ3v) is 2.89. The molecule has 0 aromatic rings. The van der Waals surface area contributed by atoms with E-state index in [1.807, 2.05) is 5.32 Å². The molecule has 2 aliphatic heterocycles. The molecule has 6 nitrogen and oxygen atoms in total. The van der Waals surface area contributed by atoms with Crippen LogP contribution in [0.2, 0.25) is 0 Å². The van der Waals surface area contributed by atoms with Gasteiger partial charge >= 0.3 is 6.03 Å². The van der Waals surface area contributed by atoms with Crippen molar-refractivity contribution in [1.29, 1.82) is 0 Å². The first-order valence-electron chi connectivity index (χ1n) is 5.13. The maximum atomic E-state index is 11.1. The first kappa shape index (κ1) is 10.4. The highest BCUT2D eigenvalue weighted by atomic mass is 16.5. The Labute approximate surface area is 87.5 Å². The molecular formula is C9H15N3O3. The number of amides is 3. The zero-order chi connectivity index (χ0) is 10.8. The molecule has 3 unspecified atom stereocenters. The van der Waals surface area contributed by atoms with E-state index in [1.54, 1.807) is 0 Å². The Morgan fingerprint density at radius 1 is 1.40 bits per heavy atom. The molecule has 2 rings (SSSR count). The molecule has 2 fully saturated rings. The number of fused-ring (bicyclic) bond motifs is 2. The molecule has 2 bridgehead atoms. The molecule has 3 amide bonds. The van der Waals surface area contributed by atoms with Gasteiger partial charge in [-0.2, -0.15) is 0 Å². The van der Waals surface area contributed by atoms with E-state index < -0.39 is 11.9 Å². The van der Waals surface area contributed by atoms with Gasteiger partial charge in [0, 0.05) is 6.04 Å². The second kappa shape index (κ2) is 4.16. The van der Waals surface area contributed by atoms with Crippen molar-refractivity contribution in [3.8, 4) is 0 Å². The number of rotatable bonds is 3. The predicted molar refractivity (Wildman–Crippen MR) is 52.0 cm³/mol. The standard InChI is InChI=1S/C9H15N3O3/c10-9(14)12-8(13)4-11-6-3-5-1-2-7(6)15-5/h5-7,11H,1-4H2,(H3,10,12,13,14). The Morgan fingerprint density at radius 3 is 2.73 bits per heavy atom. The molecule has 2 aliphatic rings. The van der Waals surface area contributed by atoms with E-state index in [4.69, 9.17) is 10.5 Å². The largest absolute Gasteiger partial charge is 0.373 e. The molecule has 0 spiro atoms. The number of nitrogens with two attached hydrogens (primary N) is 1. The van der Waals surface area contributed by atoms with Gasteiger partial charge in [0.2, 0.25) is 5.91 Å². The Kier molecular flexibility index (Phi) is 2.88. The highest BCUT2D eigenvalue weighted by Gasteiger charge is 2.40. The molecule has 0 aromatic carbocycles. The van der Waals surface area contributed by atoms with Crippen molar-refractivity contribution < 1.29 is 14.3 Å². The maximum Gasteiger partial charge on any atom is 0.318 e. The molecule has 3 atom stereocenters. The van der Waals surface area contributed by atoms with Crippen molar-refractivity contribution >= 4 is 11.9 Å². The van der Waals surface area contributed by atoms with Crippen LogP contribution in [0.15, 0.2) is 0 Å². The fourth-order valence-corrected chi connectivity index (χ4v) is 2.26. The van der Waals surface area contributed by atoms with Crippen LogP contribution in [0.4, 0.5) is 4.79 Å². The first-order valence-corrected chi connectivity index (χ1v) is 5.13. The third-order valence-electron chi connectivity index (χ3n) is 2.89. The highest BCUT2D eigenvalue weighted by molar-refractivity contribution is 5.94. The average molecular weight is 213 g/mol. The fourth-order valence-electron chi connectivity index (χ4n) is 2.26. The number of imide groups is 1. The maximum absolute atomic E-state index is 11.1. The van der Waals surface area contributed by atoms with Crippen LogP contribution < -0.4 is 16.4 Å². The predicted octanol–water partition coefficient (Wildman–Crippen LogP) is -0.909. The van der Waals surface area contributed by atoms with Gasteiger partial charge in [0.05, 0.1) is 18.8 Å². The summed E-state index contributed by atoms with van der Waals surface area (Å²) >= 11 is 0. The van der Waals surface area contributed by atoms with E-state index in [1.165, 1.54) is 0 Å². The van der Waals surface area contributed by atoms with E-state index in [0.717, 1.165) is 19.3 Å². The van der Waals surface area contributed by atoms with E-state index in [2.05, 4.69) is 5.32 Å². The zero-order valence-corrected chi connectivity index (χ0v) is 8.36. The molecule has 15 heavy (non-hydrogen) atoms. The Morgan fingerprint density at radius 2 is 2.20 bits per heavy atom.